The number of allylic oxidation sites excluding steroid dienone is 2. The Morgan fingerprint density at radius 2 is 1.86 bits per heavy atom. The van der Waals surface area contributed by atoms with Crippen molar-refractivity contribution in [3.63, 3.8) is 0 Å². The molecule has 0 heterocycles. The quantitative estimate of drug-likeness (QED) is 0.891. The van der Waals surface area contributed by atoms with Crippen LogP contribution in [0, 0.1) is 0 Å². The number of hydrogen-bond acceptors (Lipinski definition) is 2. The van der Waals surface area contributed by atoms with Crippen LogP contribution in [0.3, 0.4) is 0 Å². The number of carboxylic acids is 2. The molecular weight excluding hydrogens is 280 g/mol. The zero-order valence-corrected chi connectivity index (χ0v) is 11.5. The van der Waals surface area contributed by atoms with Crippen molar-refractivity contribution in [1.29, 1.82) is 0 Å². The summed E-state index contributed by atoms with van der Waals surface area (Å²) in [5.74, 6) is -3.61. The fourth-order valence-electron chi connectivity index (χ4n) is 3.56. The van der Waals surface area contributed by atoms with Crippen LogP contribution in [0.1, 0.15) is 28.5 Å². The van der Waals surface area contributed by atoms with E-state index < -0.39 is 17.9 Å². The second-order valence-corrected chi connectivity index (χ2v) is 5.60. The molecule has 0 fully saturated rings. The normalized spacial score (nSPS) is 21.5. The van der Waals surface area contributed by atoms with Crippen molar-refractivity contribution in [3.8, 4) is 0 Å². The van der Waals surface area contributed by atoms with Crippen LogP contribution in [0.5, 0.6) is 0 Å². The Hall–Kier alpha value is -2.88. The van der Waals surface area contributed by atoms with Crippen LogP contribution in [0.4, 0.5) is 0 Å². The van der Waals surface area contributed by atoms with Gasteiger partial charge in [-0.2, -0.15) is 0 Å². The minimum Gasteiger partial charge on any atom is -0.481 e. The van der Waals surface area contributed by atoms with Crippen molar-refractivity contribution in [2.45, 2.75) is 11.8 Å². The van der Waals surface area contributed by atoms with Crippen LogP contribution in [-0.4, -0.2) is 22.2 Å². The zero-order chi connectivity index (χ0) is 15.4. The Kier molecular flexibility index (Phi) is 2.51. The summed E-state index contributed by atoms with van der Waals surface area (Å²) < 4.78 is 0. The molecule has 0 aromatic heterocycles. The van der Waals surface area contributed by atoms with Gasteiger partial charge in [0.05, 0.1) is 5.57 Å². The molecule has 0 bridgehead atoms. The lowest BCUT2D eigenvalue weighted by atomic mass is 9.72. The Morgan fingerprint density at radius 1 is 1.05 bits per heavy atom. The first-order chi connectivity index (χ1) is 10.6. The van der Waals surface area contributed by atoms with Gasteiger partial charge < -0.3 is 10.2 Å². The molecule has 0 radical (unpaired) electrons. The highest BCUT2D eigenvalue weighted by atomic mass is 16.4. The number of aliphatic carboxylic acids is 2. The van der Waals surface area contributed by atoms with Crippen molar-refractivity contribution in [2.24, 2.45) is 0 Å². The smallest absolute Gasteiger partial charge is 0.332 e. The average molecular weight is 292 g/mol. The van der Waals surface area contributed by atoms with Crippen LogP contribution >= 0.6 is 0 Å². The predicted octanol–water partition coefficient (Wildman–Crippen LogP) is 3.14. The highest BCUT2D eigenvalue weighted by Crippen LogP contribution is 2.46. The minimum absolute atomic E-state index is 0.0617. The van der Waals surface area contributed by atoms with E-state index in [2.05, 4.69) is 0 Å². The number of benzene rings is 2. The summed E-state index contributed by atoms with van der Waals surface area (Å²) in [5, 5.41) is 21.0. The van der Waals surface area contributed by atoms with Crippen LogP contribution in [0.15, 0.2) is 48.1 Å². The topological polar surface area (TPSA) is 74.6 Å². The summed E-state index contributed by atoms with van der Waals surface area (Å²) in [6.07, 6.45) is 5.47. The Bertz CT molecular complexity index is 905. The van der Waals surface area contributed by atoms with E-state index in [4.69, 9.17) is 0 Å². The second-order valence-electron chi connectivity index (χ2n) is 5.60. The third kappa shape index (κ3) is 1.58. The molecular formula is C18H12O4. The predicted molar refractivity (Wildman–Crippen MR) is 81.8 cm³/mol. The monoisotopic (exact) mass is 292 g/mol. The first kappa shape index (κ1) is 12.8. The van der Waals surface area contributed by atoms with Crippen LogP contribution in [0.25, 0.3) is 16.8 Å². The molecule has 4 nitrogen and oxygen atoms in total. The summed E-state index contributed by atoms with van der Waals surface area (Å²) in [6.45, 7) is 0. The van der Waals surface area contributed by atoms with Gasteiger partial charge in [-0.3, -0.25) is 4.79 Å². The summed E-state index contributed by atoms with van der Waals surface area (Å²) in [5.41, 5.74) is 2.49. The highest BCUT2D eigenvalue weighted by molar-refractivity contribution is 6.03. The summed E-state index contributed by atoms with van der Waals surface area (Å²) >= 11 is 0. The second kappa shape index (κ2) is 4.31. The molecule has 2 atom stereocenters. The average Bonchev–Trinajstić information content (AvgIpc) is 2.51. The van der Waals surface area contributed by atoms with Gasteiger partial charge in [-0.25, -0.2) is 4.79 Å². The minimum atomic E-state index is -1.18. The maximum atomic E-state index is 11.7. The molecule has 0 amide bonds. The Labute approximate surface area is 126 Å². The van der Waals surface area contributed by atoms with Crippen LogP contribution in [0.2, 0.25) is 0 Å². The number of carboxylic acid groups (broad SMARTS) is 2. The first-order valence-electron chi connectivity index (χ1n) is 6.99. The molecule has 0 spiro atoms. The SMILES string of the molecule is O=C(O)C1=CC2C=Cc3cccc4ccc(c2c34)C1C(=O)O. The number of hydrogen-bond donors (Lipinski definition) is 2. The lowest BCUT2D eigenvalue weighted by Crippen LogP contribution is -2.25. The summed E-state index contributed by atoms with van der Waals surface area (Å²) in [6, 6.07) is 9.56. The molecule has 4 heteroatoms. The third-order valence-corrected chi connectivity index (χ3v) is 4.44. The van der Waals surface area contributed by atoms with Gasteiger partial charge in [0, 0.05) is 5.92 Å². The number of rotatable bonds is 2. The van der Waals surface area contributed by atoms with Crippen molar-refractivity contribution < 1.29 is 19.8 Å². The fraction of sp³-hybridized carbons (Fsp3) is 0.111. The Balaban J connectivity index is 2.10. The lowest BCUT2D eigenvalue weighted by molar-refractivity contribution is -0.141. The zero-order valence-electron chi connectivity index (χ0n) is 11.5. The molecule has 108 valence electrons. The van der Waals surface area contributed by atoms with Crippen molar-refractivity contribution in [3.05, 3.63) is 64.7 Å². The Morgan fingerprint density at radius 3 is 2.59 bits per heavy atom. The molecule has 2 aromatic rings. The number of carbonyl (C=O) groups is 2. The lowest BCUT2D eigenvalue weighted by Gasteiger charge is -2.30. The van der Waals surface area contributed by atoms with Gasteiger partial charge in [-0.05, 0) is 27.5 Å². The van der Waals surface area contributed by atoms with Gasteiger partial charge in [-0.15, -0.1) is 0 Å². The largest absolute Gasteiger partial charge is 0.481 e. The standard InChI is InChI=1S/C18H12O4/c19-17(20)13-8-11-5-4-9-2-1-3-10-6-7-12(15(11)14(9)10)16(13)18(21)22/h1-8,11,16H,(H,19,20)(H,21,22). The maximum Gasteiger partial charge on any atom is 0.332 e. The fourth-order valence-corrected chi connectivity index (χ4v) is 3.56. The molecule has 0 aliphatic heterocycles. The molecule has 22 heavy (non-hydrogen) atoms. The van der Waals surface area contributed by atoms with E-state index in [-0.39, 0.29) is 11.5 Å². The van der Waals surface area contributed by atoms with Gasteiger partial charge in [0.15, 0.2) is 0 Å². The molecule has 4 rings (SSSR count). The van der Waals surface area contributed by atoms with Crippen molar-refractivity contribution in [1.82, 2.24) is 0 Å². The van der Waals surface area contributed by atoms with E-state index >= 15 is 0 Å². The van der Waals surface area contributed by atoms with E-state index in [0.29, 0.717) is 5.56 Å². The van der Waals surface area contributed by atoms with E-state index in [0.717, 1.165) is 21.9 Å². The first-order valence-corrected chi connectivity index (χ1v) is 6.99. The molecule has 2 N–H and O–H groups in total. The molecule has 2 aromatic carbocycles. The van der Waals surface area contributed by atoms with E-state index in [1.165, 1.54) is 0 Å². The van der Waals surface area contributed by atoms with Gasteiger partial charge in [0.25, 0.3) is 0 Å². The van der Waals surface area contributed by atoms with Crippen molar-refractivity contribution >= 4 is 28.8 Å². The summed E-state index contributed by atoms with van der Waals surface area (Å²) in [4.78, 5) is 23.1. The van der Waals surface area contributed by atoms with Gasteiger partial charge in [0.1, 0.15) is 5.92 Å². The van der Waals surface area contributed by atoms with Gasteiger partial charge in [-0.1, -0.05) is 48.6 Å². The van der Waals surface area contributed by atoms with Crippen molar-refractivity contribution in [2.75, 3.05) is 0 Å². The van der Waals surface area contributed by atoms with Gasteiger partial charge >= 0.3 is 11.9 Å². The highest BCUT2D eigenvalue weighted by Gasteiger charge is 2.37. The van der Waals surface area contributed by atoms with Crippen LogP contribution in [-0.2, 0) is 9.59 Å². The molecule has 0 saturated heterocycles. The molecule has 2 unspecified atom stereocenters. The van der Waals surface area contributed by atoms with Crippen LogP contribution < -0.4 is 0 Å². The van der Waals surface area contributed by atoms with E-state index in [1.807, 2.05) is 36.4 Å². The van der Waals surface area contributed by atoms with Gasteiger partial charge in [0.2, 0.25) is 0 Å². The van der Waals surface area contributed by atoms with E-state index in [1.54, 1.807) is 12.1 Å². The molecule has 2 aliphatic carbocycles. The third-order valence-electron chi connectivity index (χ3n) is 4.44. The summed E-state index contributed by atoms with van der Waals surface area (Å²) in [7, 11) is 0. The maximum absolute atomic E-state index is 11.7. The molecule has 2 aliphatic rings. The van der Waals surface area contributed by atoms with E-state index in [9.17, 15) is 19.8 Å². The molecule has 0 saturated carbocycles.